The first-order valence-electron chi connectivity index (χ1n) is 3.13. The van der Waals surface area contributed by atoms with Crippen LogP contribution in [0.3, 0.4) is 0 Å². The molecule has 0 saturated carbocycles. The molecular weight excluding hydrogens is 246 g/mol. The summed E-state index contributed by atoms with van der Waals surface area (Å²) in [6, 6.07) is 0.840. The molecule has 1 heterocycles. The summed E-state index contributed by atoms with van der Waals surface area (Å²) in [5.74, 6) is -0.920. The summed E-state index contributed by atoms with van der Waals surface area (Å²) < 4.78 is 38.6. The maximum absolute atomic E-state index is 11.7. The smallest absolute Gasteiger partial charge is 0.388 e. The van der Waals surface area contributed by atoms with Crippen molar-refractivity contribution in [2.45, 2.75) is 6.36 Å². The van der Waals surface area contributed by atoms with Gasteiger partial charge in [0.2, 0.25) is 5.88 Å². The molecule has 0 unspecified atom stereocenters. The minimum atomic E-state index is -4.93. The topological polar surface area (TPSA) is 42.1 Å². The highest BCUT2D eigenvalue weighted by molar-refractivity contribution is 6.42. The summed E-state index contributed by atoms with van der Waals surface area (Å²) in [5, 5.41) is -0.807. The lowest BCUT2D eigenvalue weighted by Gasteiger charge is -2.09. The van der Waals surface area contributed by atoms with E-state index in [1.54, 1.807) is 4.98 Å². The van der Waals surface area contributed by atoms with Crippen molar-refractivity contribution < 1.29 is 17.9 Å². The van der Waals surface area contributed by atoms with E-state index in [2.05, 4.69) is 4.74 Å². The lowest BCUT2D eigenvalue weighted by Crippen LogP contribution is -2.20. The quantitative estimate of drug-likeness (QED) is 0.829. The lowest BCUT2D eigenvalue weighted by molar-refractivity contribution is -0.276. The van der Waals surface area contributed by atoms with Crippen LogP contribution in [0.1, 0.15) is 0 Å². The molecule has 0 atom stereocenters. The Morgan fingerprint density at radius 2 is 1.93 bits per heavy atom. The average molecular weight is 248 g/mol. The minimum Gasteiger partial charge on any atom is -0.388 e. The Kier molecular flexibility index (Phi) is 2.96. The Labute approximate surface area is 85.4 Å². The van der Waals surface area contributed by atoms with Crippen LogP contribution in [0.15, 0.2) is 10.9 Å². The number of ether oxygens (including phenoxy) is 1. The molecule has 0 aliphatic heterocycles. The third kappa shape index (κ3) is 2.81. The second-order valence-corrected chi connectivity index (χ2v) is 2.96. The van der Waals surface area contributed by atoms with Gasteiger partial charge in [-0.15, -0.1) is 13.2 Å². The molecule has 1 N–H and O–H groups in total. The van der Waals surface area contributed by atoms with Crippen molar-refractivity contribution in [3.63, 3.8) is 0 Å². The molecule has 14 heavy (non-hydrogen) atoms. The second kappa shape index (κ2) is 3.70. The molecule has 3 nitrogen and oxygen atoms in total. The number of rotatable bonds is 1. The van der Waals surface area contributed by atoms with Crippen LogP contribution in [0.25, 0.3) is 0 Å². The lowest BCUT2D eigenvalue weighted by atomic mass is 10.5. The van der Waals surface area contributed by atoms with Gasteiger partial charge >= 0.3 is 6.36 Å². The number of H-pyrrole nitrogens is 1. The summed E-state index contributed by atoms with van der Waals surface area (Å²) in [6.45, 7) is 0. The number of aromatic nitrogens is 1. The van der Waals surface area contributed by atoms with Crippen LogP contribution in [-0.4, -0.2) is 11.3 Å². The maximum atomic E-state index is 11.7. The zero-order valence-corrected chi connectivity index (χ0v) is 7.80. The summed E-state index contributed by atoms with van der Waals surface area (Å²) in [7, 11) is 0. The number of hydrogen-bond donors (Lipinski definition) is 1. The molecule has 8 heteroatoms. The molecule has 0 spiro atoms. The predicted molar refractivity (Wildman–Crippen MR) is 43.8 cm³/mol. The third-order valence-corrected chi connectivity index (χ3v) is 1.89. The van der Waals surface area contributed by atoms with Crippen molar-refractivity contribution >= 4 is 23.2 Å². The van der Waals surface area contributed by atoms with Gasteiger partial charge in [-0.3, -0.25) is 9.78 Å². The van der Waals surface area contributed by atoms with Crippen LogP contribution in [0.2, 0.25) is 10.0 Å². The highest BCUT2D eigenvalue weighted by atomic mass is 35.5. The molecule has 1 rings (SSSR count). The van der Waals surface area contributed by atoms with E-state index in [1.165, 1.54) is 0 Å². The van der Waals surface area contributed by atoms with Gasteiger partial charge in [-0.25, -0.2) is 0 Å². The van der Waals surface area contributed by atoms with Crippen molar-refractivity contribution in [2.24, 2.45) is 0 Å². The molecule has 0 bridgehead atoms. The van der Waals surface area contributed by atoms with E-state index in [0.29, 0.717) is 0 Å². The summed E-state index contributed by atoms with van der Waals surface area (Å²) in [5.41, 5.74) is -0.835. The van der Waals surface area contributed by atoms with Crippen molar-refractivity contribution in [1.29, 1.82) is 0 Å². The zero-order chi connectivity index (χ0) is 10.9. The molecule has 0 saturated heterocycles. The standard InChI is InChI=1S/C6H2Cl2F3NO2/c7-2-1-3(13)12-5(4(2)8)14-6(9,10)11/h1H,(H,12,13). The summed E-state index contributed by atoms with van der Waals surface area (Å²) >= 11 is 10.7. The fourth-order valence-electron chi connectivity index (χ4n) is 0.676. The van der Waals surface area contributed by atoms with E-state index in [1.807, 2.05) is 0 Å². The first-order chi connectivity index (χ1) is 6.29. The van der Waals surface area contributed by atoms with Gasteiger partial charge in [0, 0.05) is 6.07 Å². The molecular formula is C6H2Cl2F3NO2. The van der Waals surface area contributed by atoms with Gasteiger partial charge in [0.1, 0.15) is 5.02 Å². The molecule has 1 aromatic heterocycles. The fourth-order valence-corrected chi connectivity index (χ4v) is 1.00. The normalized spacial score (nSPS) is 11.5. The first kappa shape index (κ1) is 11.2. The van der Waals surface area contributed by atoms with Crippen LogP contribution < -0.4 is 10.3 Å². The van der Waals surface area contributed by atoms with Crippen LogP contribution in [0, 0.1) is 0 Å². The number of halogens is 5. The van der Waals surface area contributed by atoms with Gasteiger partial charge in [0.15, 0.2) is 0 Å². The van der Waals surface area contributed by atoms with Gasteiger partial charge < -0.3 is 4.74 Å². The molecule has 1 aromatic rings. The Hall–Kier alpha value is -0.880. The monoisotopic (exact) mass is 247 g/mol. The second-order valence-electron chi connectivity index (χ2n) is 2.17. The van der Waals surface area contributed by atoms with Gasteiger partial charge in [-0.2, -0.15) is 0 Å². The van der Waals surface area contributed by atoms with E-state index in [-0.39, 0.29) is 5.02 Å². The largest absolute Gasteiger partial charge is 0.574 e. The molecule has 78 valence electrons. The minimum absolute atomic E-state index is 0.310. The van der Waals surface area contributed by atoms with Crippen molar-refractivity contribution in [2.75, 3.05) is 0 Å². The molecule has 0 amide bonds. The van der Waals surface area contributed by atoms with Crippen molar-refractivity contribution in [1.82, 2.24) is 4.98 Å². The zero-order valence-electron chi connectivity index (χ0n) is 6.28. The van der Waals surface area contributed by atoms with E-state index in [0.717, 1.165) is 6.07 Å². The van der Waals surface area contributed by atoms with Crippen molar-refractivity contribution in [3.8, 4) is 5.88 Å². The highest BCUT2D eigenvalue weighted by Gasteiger charge is 2.33. The molecule has 0 aromatic carbocycles. The predicted octanol–water partition coefficient (Wildman–Crippen LogP) is 2.58. The van der Waals surface area contributed by atoms with Crippen LogP contribution in [0.4, 0.5) is 13.2 Å². The summed E-state index contributed by atoms with van der Waals surface area (Å²) in [6.07, 6.45) is -4.93. The molecule has 0 fully saturated rings. The SMILES string of the molecule is O=c1cc(Cl)c(Cl)c(OC(F)(F)F)[nH]1. The van der Waals surface area contributed by atoms with E-state index in [4.69, 9.17) is 23.2 Å². The van der Waals surface area contributed by atoms with Crippen LogP contribution in [0.5, 0.6) is 5.88 Å². The molecule has 0 radical (unpaired) electrons. The maximum Gasteiger partial charge on any atom is 0.574 e. The van der Waals surface area contributed by atoms with Gasteiger partial charge in [-0.05, 0) is 0 Å². The number of alkyl halides is 3. The summed E-state index contributed by atoms with van der Waals surface area (Å²) in [4.78, 5) is 12.5. The molecule has 0 aliphatic carbocycles. The third-order valence-electron chi connectivity index (χ3n) is 1.12. The molecule has 0 aliphatic rings. The van der Waals surface area contributed by atoms with Crippen molar-refractivity contribution in [3.05, 3.63) is 26.5 Å². The number of aromatic amines is 1. The van der Waals surface area contributed by atoms with Gasteiger partial charge in [-0.1, -0.05) is 23.2 Å². The Morgan fingerprint density at radius 1 is 1.36 bits per heavy atom. The number of pyridine rings is 1. The van der Waals surface area contributed by atoms with Gasteiger partial charge in [0.25, 0.3) is 5.56 Å². The average Bonchev–Trinajstić information content (AvgIpc) is 1.96. The van der Waals surface area contributed by atoms with Gasteiger partial charge in [0.05, 0.1) is 5.02 Å². The van der Waals surface area contributed by atoms with E-state index >= 15 is 0 Å². The van der Waals surface area contributed by atoms with Crippen LogP contribution >= 0.6 is 23.2 Å². The Balaban J connectivity index is 3.15. The number of hydrogen-bond acceptors (Lipinski definition) is 2. The fraction of sp³-hybridized carbons (Fsp3) is 0.167. The van der Waals surface area contributed by atoms with E-state index < -0.39 is 22.8 Å². The van der Waals surface area contributed by atoms with Crippen LogP contribution in [-0.2, 0) is 0 Å². The Bertz CT molecular complexity index is 401. The highest BCUT2D eigenvalue weighted by Crippen LogP contribution is 2.31. The first-order valence-corrected chi connectivity index (χ1v) is 3.89. The number of nitrogens with one attached hydrogen (secondary N) is 1. The van der Waals surface area contributed by atoms with E-state index in [9.17, 15) is 18.0 Å². The Morgan fingerprint density at radius 3 is 2.43 bits per heavy atom.